The van der Waals surface area contributed by atoms with Gasteiger partial charge in [0, 0.05) is 62.3 Å². The number of alkyl halides is 8. The molecule has 4 aromatic rings. The largest absolute Gasteiger partial charge is 0.397 e. The molecule has 0 spiro atoms. The van der Waals surface area contributed by atoms with Crippen LogP contribution in [0, 0.1) is 46.3 Å². The van der Waals surface area contributed by atoms with E-state index in [1.54, 1.807) is 23.1 Å². The number of halogens is 9. The molecule has 0 saturated carbocycles. The summed E-state index contributed by atoms with van der Waals surface area (Å²) in [6.07, 6.45) is -12.4. The van der Waals surface area contributed by atoms with Crippen molar-refractivity contribution in [2.75, 3.05) is 100 Å². The molecule has 5 N–H and O–H groups in total. The van der Waals surface area contributed by atoms with Gasteiger partial charge in [0.1, 0.15) is 18.9 Å². The molecule has 4 aliphatic heterocycles. The Morgan fingerprint density at radius 2 is 0.986 bits per heavy atom. The molecule has 4 saturated heterocycles. The van der Waals surface area contributed by atoms with Gasteiger partial charge in [-0.25, -0.2) is 4.39 Å². The summed E-state index contributed by atoms with van der Waals surface area (Å²) in [4.78, 5) is 42.6. The molecule has 4 aromatic carbocycles. The van der Waals surface area contributed by atoms with Gasteiger partial charge in [-0.2, -0.15) is 35.1 Å². The highest BCUT2D eigenvalue weighted by Gasteiger charge is 2.39. The second kappa shape index (κ2) is 25.3. The molecule has 0 atom stereocenters. The van der Waals surface area contributed by atoms with E-state index in [1.807, 2.05) is 30.3 Å². The summed E-state index contributed by atoms with van der Waals surface area (Å²) in [5, 5.41) is 44.4. The third-order valence-corrected chi connectivity index (χ3v) is 9.88. The number of nitrogens with two attached hydrogens (primary N) is 2. The highest BCUT2D eigenvalue weighted by Crippen LogP contribution is 2.34. The summed E-state index contributed by atoms with van der Waals surface area (Å²) in [6.45, 7) is 0.235. The zero-order valence-electron chi connectivity index (χ0n) is 37.4. The van der Waals surface area contributed by atoms with Crippen molar-refractivity contribution in [3.05, 3.63) is 137 Å². The summed E-state index contributed by atoms with van der Waals surface area (Å²) in [7, 11) is 0. The fraction of sp³-hybridized carbons (Fsp3) is 0.415. The van der Waals surface area contributed by atoms with Crippen LogP contribution in [0.3, 0.4) is 0 Å². The number of nitrogens with zero attached hydrogens (tertiary/aromatic N) is 7. The number of ether oxygens (including phenoxy) is 4. The topological polar surface area (TPSA) is 283 Å². The first-order chi connectivity index (χ1) is 33.7. The van der Waals surface area contributed by atoms with Crippen LogP contribution in [0.15, 0.2) is 84.9 Å². The van der Waals surface area contributed by atoms with Gasteiger partial charge >= 0.3 is 47.2 Å². The Labute approximate surface area is 401 Å². The van der Waals surface area contributed by atoms with E-state index in [0.29, 0.717) is 49.3 Å². The molecule has 394 valence electrons. The van der Waals surface area contributed by atoms with Gasteiger partial charge in [-0.15, -0.1) is 0 Å². The van der Waals surface area contributed by atoms with Gasteiger partial charge < -0.3 is 45.5 Å². The molecule has 4 aliphatic rings. The second-order valence-corrected chi connectivity index (χ2v) is 15.3. The van der Waals surface area contributed by atoms with E-state index in [-0.39, 0.29) is 51.7 Å². The predicted octanol–water partition coefficient (Wildman–Crippen LogP) is 7.17. The van der Waals surface area contributed by atoms with E-state index in [0.717, 1.165) is 29.8 Å². The van der Waals surface area contributed by atoms with Crippen LogP contribution in [0.2, 0.25) is 0 Å². The van der Waals surface area contributed by atoms with E-state index in [1.165, 1.54) is 15.9 Å². The smallest absolute Gasteiger partial charge is 0.373 e. The Kier molecular flexibility index (Phi) is 20.1. The summed E-state index contributed by atoms with van der Waals surface area (Å²) < 4.78 is 131. The SMILES string of the molecule is FC1(F)CN(Cc2ccccc2)CCO1.FC1(F)CNCCO1.Nc1ccc(N2CCOC(F)(F)C2)cc1N.O=[N+]([O-])c1ccc(F)cc1[N+](=O)[O-].O=[N+]([O-])c1ccc(N2CCOC(F)(F)C2)cc1[N+](=O)[O-]. The molecule has 4 heterocycles. The van der Waals surface area contributed by atoms with Crippen LogP contribution in [0.25, 0.3) is 0 Å². The quantitative estimate of drug-likeness (QED) is 0.0682. The minimum atomic E-state index is -3.35. The molecule has 72 heavy (non-hydrogen) atoms. The monoisotopic (exact) mass is 1040 g/mol. The molecular formula is C41H45F9N10O12. The summed E-state index contributed by atoms with van der Waals surface area (Å²) in [5.41, 5.74) is 10.8. The van der Waals surface area contributed by atoms with Gasteiger partial charge in [-0.05, 0) is 35.9 Å². The zero-order valence-corrected chi connectivity index (χ0v) is 37.4. The van der Waals surface area contributed by atoms with Crippen molar-refractivity contribution in [1.29, 1.82) is 0 Å². The van der Waals surface area contributed by atoms with E-state index in [2.05, 4.69) is 24.3 Å². The van der Waals surface area contributed by atoms with Crippen molar-refractivity contribution >= 4 is 45.5 Å². The van der Waals surface area contributed by atoms with Gasteiger partial charge in [-0.3, -0.25) is 45.4 Å². The fourth-order valence-corrected chi connectivity index (χ4v) is 6.55. The molecule has 0 bridgehead atoms. The normalized spacial score (nSPS) is 18.6. The first-order valence-corrected chi connectivity index (χ1v) is 20.9. The maximum absolute atomic E-state index is 13.1. The molecule has 0 radical (unpaired) electrons. The van der Waals surface area contributed by atoms with Crippen molar-refractivity contribution in [2.45, 2.75) is 31.0 Å². The van der Waals surface area contributed by atoms with E-state index in [9.17, 15) is 80.0 Å². The lowest BCUT2D eigenvalue weighted by molar-refractivity contribution is -0.422. The van der Waals surface area contributed by atoms with Crippen LogP contribution in [-0.4, -0.2) is 128 Å². The number of hydrogen-bond acceptors (Lipinski definition) is 18. The second-order valence-electron chi connectivity index (χ2n) is 15.3. The number of nitro benzene ring substituents is 4. The number of nitro groups is 4. The lowest BCUT2D eigenvalue weighted by atomic mass is 10.2. The van der Waals surface area contributed by atoms with Crippen LogP contribution < -0.4 is 26.6 Å². The molecule has 22 nitrogen and oxygen atoms in total. The lowest BCUT2D eigenvalue weighted by Gasteiger charge is -2.34. The number of benzene rings is 4. The maximum atomic E-state index is 13.1. The summed E-state index contributed by atoms with van der Waals surface area (Å²) in [5.74, 6) is -0.878. The van der Waals surface area contributed by atoms with Crippen LogP contribution in [0.5, 0.6) is 0 Å². The van der Waals surface area contributed by atoms with E-state index < -0.39 is 85.8 Å². The van der Waals surface area contributed by atoms with Crippen molar-refractivity contribution < 1.29 is 78.2 Å². The Morgan fingerprint density at radius 1 is 0.528 bits per heavy atom. The number of nitrogen functional groups attached to an aromatic ring is 2. The Bertz CT molecular complexity index is 2480. The molecule has 0 amide bonds. The molecule has 8 rings (SSSR count). The summed E-state index contributed by atoms with van der Waals surface area (Å²) >= 11 is 0. The summed E-state index contributed by atoms with van der Waals surface area (Å²) in [6, 6.07) is 19.6. The van der Waals surface area contributed by atoms with Gasteiger partial charge in [0.25, 0.3) is 0 Å². The van der Waals surface area contributed by atoms with E-state index >= 15 is 0 Å². The number of anilines is 4. The van der Waals surface area contributed by atoms with Gasteiger partial charge in [0.15, 0.2) is 0 Å². The van der Waals surface area contributed by atoms with Crippen molar-refractivity contribution in [1.82, 2.24) is 10.2 Å². The third-order valence-electron chi connectivity index (χ3n) is 9.88. The van der Waals surface area contributed by atoms with Crippen molar-refractivity contribution in [3.63, 3.8) is 0 Å². The minimum absolute atomic E-state index is 0.00270. The predicted molar refractivity (Wildman–Crippen MR) is 237 cm³/mol. The van der Waals surface area contributed by atoms with Crippen LogP contribution >= 0.6 is 0 Å². The molecule has 0 unspecified atom stereocenters. The van der Waals surface area contributed by atoms with Crippen molar-refractivity contribution in [3.8, 4) is 0 Å². The Morgan fingerprint density at radius 3 is 1.43 bits per heavy atom. The van der Waals surface area contributed by atoms with Crippen LogP contribution in [0.4, 0.5) is 85.0 Å². The van der Waals surface area contributed by atoms with Crippen LogP contribution in [0.1, 0.15) is 5.56 Å². The Hall–Kier alpha value is -7.19. The van der Waals surface area contributed by atoms with Gasteiger partial charge in [0.05, 0.1) is 76.7 Å². The van der Waals surface area contributed by atoms with Crippen LogP contribution in [-0.2, 0) is 25.5 Å². The molecule has 0 aliphatic carbocycles. The van der Waals surface area contributed by atoms with Crippen molar-refractivity contribution in [2.24, 2.45) is 0 Å². The number of rotatable bonds is 8. The first kappa shape index (κ1) is 57.4. The highest BCUT2D eigenvalue weighted by molar-refractivity contribution is 5.70. The molecule has 4 fully saturated rings. The van der Waals surface area contributed by atoms with Gasteiger partial charge in [-0.1, -0.05) is 30.3 Å². The standard InChI is InChI=1S/C11H13F2NO.C10H9F2N3O5.C10H13F2N3O.C6H3FN2O4.C4H7F2NO/c12-11(13)9-14(6-7-15-11)8-10-4-2-1-3-5-10;11-10(12)6-13(3-4-20-10)7-1-2-8(14(16)17)9(5-7)15(18)19;11-10(12)6-15(3-4-16-10)7-1-2-8(13)9(14)5-7;7-4-1-2-5(8(10)11)6(3-4)9(12)13;5-4(6)3-7-1-2-8-4/h1-5H,6-9H2;1-2,5H,3-4,6H2;1-2,5H,3-4,6,13-14H2;1-3H;7H,1-3H2. The average Bonchev–Trinajstić information content (AvgIpc) is 3.29. The highest BCUT2D eigenvalue weighted by atomic mass is 19.3. The minimum Gasteiger partial charge on any atom is -0.397 e. The average molecular weight is 1040 g/mol. The number of hydrogen-bond donors (Lipinski definition) is 3. The molecular weight excluding hydrogens is 995 g/mol. The number of nitrogens with one attached hydrogen (secondary N) is 1. The lowest BCUT2D eigenvalue weighted by Crippen LogP contribution is -2.46. The van der Waals surface area contributed by atoms with Gasteiger partial charge in [0.2, 0.25) is 0 Å². The fourth-order valence-electron chi connectivity index (χ4n) is 6.55. The third kappa shape index (κ3) is 18.5. The first-order valence-electron chi connectivity index (χ1n) is 20.9. The number of morpholine rings is 4. The zero-order chi connectivity index (χ0) is 53.4. The molecule has 0 aromatic heterocycles. The maximum Gasteiger partial charge on any atom is 0.373 e. The molecule has 31 heteroatoms. The van der Waals surface area contributed by atoms with E-state index in [4.69, 9.17) is 11.5 Å². The Balaban J connectivity index is 0.000000200.